The Balaban J connectivity index is 1.52. The lowest BCUT2D eigenvalue weighted by Crippen LogP contribution is -2.30. The number of halogens is 3. The van der Waals surface area contributed by atoms with Gasteiger partial charge in [-0.1, -0.05) is 36.4 Å². The summed E-state index contributed by atoms with van der Waals surface area (Å²) in [6.45, 7) is 1.03. The number of aliphatic hydroxyl groups is 1. The molecule has 0 saturated carbocycles. The first-order valence-corrected chi connectivity index (χ1v) is 10.9. The highest BCUT2D eigenvalue weighted by Gasteiger charge is 2.31. The molecular formula is C25H24F3N3O3. The zero-order valence-electron chi connectivity index (χ0n) is 18.3. The van der Waals surface area contributed by atoms with E-state index in [2.05, 4.69) is 10.3 Å². The van der Waals surface area contributed by atoms with Crippen LogP contribution in [0.1, 0.15) is 22.3 Å². The van der Waals surface area contributed by atoms with E-state index in [0.29, 0.717) is 25.1 Å². The van der Waals surface area contributed by atoms with Crippen molar-refractivity contribution in [1.29, 1.82) is 0 Å². The number of rotatable bonds is 7. The van der Waals surface area contributed by atoms with Crippen molar-refractivity contribution in [3.8, 4) is 17.0 Å². The molecule has 3 aromatic rings. The van der Waals surface area contributed by atoms with Gasteiger partial charge in [0.1, 0.15) is 6.10 Å². The summed E-state index contributed by atoms with van der Waals surface area (Å²) in [4.78, 5) is 18.7. The Kier molecular flexibility index (Phi) is 7.02. The Morgan fingerprint density at radius 2 is 1.91 bits per heavy atom. The minimum Gasteiger partial charge on any atom is -0.472 e. The summed E-state index contributed by atoms with van der Waals surface area (Å²) < 4.78 is 44.0. The first-order valence-electron chi connectivity index (χ1n) is 10.9. The molecule has 2 heterocycles. The predicted octanol–water partition coefficient (Wildman–Crippen LogP) is 4.15. The van der Waals surface area contributed by atoms with E-state index in [1.165, 1.54) is 6.07 Å². The number of nitrogens with one attached hydrogen (secondary N) is 1. The number of nitrogens with zero attached hydrogens (tertiary/aromatic N) is 2. The molecule has 178 valence electrons. The number of benzene rings is 2. The number of amides is 1. The van der Waals surface area contributed by atoms with Crippen molar-refractivity contribution in [2.45, 2.75) is 18.7 Å². The van der Waals surface area contributed by atoms with Crippen LogP contribution >= 0.6 is 0 Å². The molecule has 2 aromatic carbocycles. The van der Waals surface area contributed by atoms with Crippen LogP contribution in [0.2, 0.25) is 0 Å². The van der Waals surface area contributed by atoms with Gasteiger partial charge in [0.25, 0.3) is 5.91 Å². The van der Waals surface area contributed by atoms with Gasteiger partial charge in [0.05, 0.1) is 24.3 Å². The lowest BCUT2D eigenvalue weighted by Gasteiger charge is -2.22. The quantitative estimate of drug-likeness (QED) is 0.542. The molecule has 1 saturated heterocycles. The molecule has 1 aliphatic rings. The van der Waals surface area contributed by atoms with Gasteiger partial charge in [-0.15, -0.1) is 0 Å². The van der Waals surface area contributed by atoms with E-state index in [-0.39, 0.29) is 31.0 Å². The van der Waals surface area contributed by atoms with Gasteiger partial charge in [-0.2, -0.15) is 13.2 Å². The van der Waals surface area contributed by atoms with Gasteiger partial charge in [-0.05, 0) is 29.3 Å². The Morgan fingerprint density at radius 1 is 1.12 bits per heavy atom. The number of hydrogen-bond acceptors (Lipinski definition) is 5. The number of anilines is 1. The van der Waals surface area contributed by atoms with E-state index in [4.69, 9.17) is 9.84 Å². The number of aromatic nitrogens is 1. The summed E-state index contributed by atoms with van der Waals surface area (Å²) in [7, 11) is 0. The van der Waals surface area contributed by atoms with Crippen LogP contribution in [0.5, 0.6) is 5.88 Å². The van der Waals surface area contributed by atoms with Gasteiger partial charge >= 0.3 is 6.18 Å². The molecule has 0 unspecified atom stereocenters. The average molecular weight is 471 g/mol. The molecule has 1 fully saturated rings. The van der Waals surface area contributed by atoms with Crippen LogP contribution in [0.15, 0.2) is 66.9 Å². The highest BCUT2D eigenvalue weighted by Crippen LogP contribution is 2.32. The summed E-state index contributed by atoms with van der Waals surface area (Å²) >= 11 is 0. The number of pyridine rings is 1. The number of alkyl halides is 3. The molecule has 6 nitrogen and oxygen atoms in total. The average Bonchev–Trinajstić information content (AvgIpc) is 3.30. The van der Waals surface area contributed by atoms with E-state index in [0.717, 1.165) is 29.1 Å². The summed E-state index contributed by atoms with van der Waals surface area (Å²) in [6, 6.07) is 17.5. The van der Waals surface area contributed by atoms with Gasteiger partial charge < -0.3 is 20.1 Å². The number of aliphatic hydroxyl groups excluding tert-OH is 1. The number of carbonyl (C=O) groups is 1. The molecule has 9 heteroatoms. The van der Waals surface area contributed by atoms with E-state index in [1.807, 2.05) is 53.4 Å². The van der Waals surface area contributed by atoms with E-state index >= 15 is 0 Å². The second-order valence-corrected chi connectivity index (χ2v) is 7.93. The molecular weight excluding hydrogens is 447 g/mol. The van der Waals surface area contributed by atoms with Crippen LogP contribution in [0, 0.1) is 0 Å². The summed E-state index contributed by atoms with van der Waals surface area (Å²) in [5, 5.41) is 11.8. The fourth-order valence-corrected chi connectivity index (χ4v) is 3.90. The van der Waals surface area contributed by atoms with Crippen molar-refractivity contribution in [1.82, 2.24) is 10.3 Å². The van der Waals surface area contributed by atoms with Crippen molar-refractivity contribution in [3.05, 3.63) is 78.0 Å². The van der Waals surface area contributed by atoms with Crippen LogP contribution in [-0.2, 0) is 6.18 Å². The zero-order valence-corrected chi connectivity index (χ0v) is 18.3. The van der Waals surface area contributed by atoms with Gasteiger partial charge in [0.15, 0.2) is 0 Å². The Morgan fingerprint density at radius 3 is 2.59 bits per heavy atom. The highest BCUT2D eigenvalue weighted by molar-refractivity contribution is 6.01. The lowest BCUT2D eigenvalue weighted by atomic mass is 10.0. The second-order valence-electron chi connectivity index (χ2n) is 7.93. The summed E-state index contributed by atoms with van der Waals surface area (Å²) in [6.07, 6.45) is -3.35. The topological polar surface area (TPSA) is 74.7 Å². The monoisotopic (exact) mass is 471 g/mol. The van der Waals surface area contributed by atoms with Crippen LogP contribution < -0.4 is 15.0 Å². The molecule has 1 aromatic heterocycles. The van der Waals surface area contributed by atoms with Gasteiger partial charge in [-0.25, -0.2) is 4.98 Å². The zero-order chi connectivity index (χ0) is 24.1. The Bertz CT molecular complexity index is 1120. The van der Waals surface area contributed by atoms with Crippen molar-refractivity contribution < 1.29 is 27.8 Å². The van der Waals surface area contributed by atoms with E-state index in [1.54, 1.807) is 0 Å². The van der Waals surface area contributed by atoms with Gasteiger partial charge in [0, 0.05) is 37.5 Å². The molecule has 1 aliphatic heterocycles. The molecule has 4 rings (SSSR count). The minimum atomic E-state index is -4.45. The Hall–Kier alpha value is -3.59. The largest absolute Gasteiger partial charge is 0.472 e. The highest BCUT2D eigenvalue weighted by atomic mass is 19.4. The third-order valence-electron chi connectivity index (χ3n) is 5.58. The minimum absolute atomic E-state index is 0.125. The maximum absolute atomic E-state index is 12.9. The third-order valence-corrected chi connectivity index (χ3v) is 5.58. The molecule has 1 amide bonds. The molecule has 2 N–H and O–H groups in total. The van der Waals surface area contributed by atoms with Crippen LogP contribution in [0.3, 0.4) is 0 Å². The van der Waals surface area contributed by atoms with Crippen molar-refractivity contribution >= 4 is 11.6 Å². The van der Waals surface area contributed by atoms with Crippen LogP contribution in [0.4, 0.5) is 18.9 Å². The van der Waals surface area contributed by atoms with Crippen LogP contribution in [0.25, 0.3) is 11.1 Å². The number of ether oxygens (including phenoxy) is 1. The summed E-state index contributed by atoms with van der Waals surface area (Å²) in [5.41, 5.74) is 2.23. The third kappa shape index (κ3) is 5.48. The van der Waals surface area contributed by atoms with Gasteiger partial charge in [-0.3, -0.25) is 4.79 Å². The molecule has 0 aliphatic carbocycles. The maximum Gasteiger partial charge on any atom is 0.417 e. The second kappa shape index (κ2) is 10.1. The molecule has 0 spiro atoms. The summed E-state index contributed by atoms with van der Waals surface area (Å²) in [5.74, 6) is -0.171. The fraction of sp³-hybridized carbons (Fsp3) is 0.280. The molecule has 0 radical (unpaired) electrons. The molecule has 0 bridgehead atoms. The van der Waals surface area contributed by atoms with Crippen LogP contribution in [-0.4, -0.2) is 48.3 Å². The Labute approximate surface area is 195 Å². The SMILES string of the molecule is O=C(NCCO)c1cc(-c2ccccc2)ccc1N1CC[C@H](Oc2ccc(C(F)(F)F)cn2)C1. The van der Waals surface area contributed by atoms with Crippen molar-refractivity contribution in [3.63, 3.8) is 0 Å². The number of carbonyl (C=O) groups excluding carboxylic acids is 1. The molecule has 1 atom stereocenters. The first-order chi connectivity index (χ1) is 16.3. The van der Waals surface area contributed by atoms with Crippen molar-refractivity contribution in [2.24, 2.45) is 0 Å². The maximum atomic E-state index is 12.9. The van der Waals surface area contributed by atoms with E-state index in [9.17, 15) is 18.0 Å². The van der Waals surface area contributed by atoms with E-state index < -0.39 is 11.7 Å². The smallest absolute Gasteiger partial charge is 0.417 e. The fourth-order valence-electron chi connectivity index (χ4n) is 3.90. The molecule has 34 heavy (non-hydrogen) atoms. The van der Waals surface area contributed by atoms with Crippen molar-refractivity contribution in [2.75, 3.05) is 31.1 Å². The number of hydrogen-bond donors (Lipinski definition) is 2. The van der Waals surface area contributed by atoms with Gasteiger partial charge in [0.2, 0.25) is 5.88 Å². The first kappa shape index (κ1) is 23.6. The normalized spacial score (nSPS) is 15.9. The standard InChI is InChI=1S/C25H24F3N3O3/c26-25(27,28)19-7-9-23(30-15-19)34-20-10-12-31(16-20)22-8-6-18(17-4-2-1-3-5-17)14-21(22)24(33)29-11-13-32/h1-9,14-15,20,32H,10-13,16H2,(H,29,33)/t20-/m0/s1. The lowest BCUT2D eigenvalue weighted by molar-refractivity contribution is -0.137. The predicted molar refractivity (Wildman–Crippen MR) is 122 cm³/mol.